The van der Waals surface area contributed by atoms with Gasteiger partial charge >= 0.3 is 5.97 Å². The van der Waals surface area contributed by atoms with Gasteiger partial charge in [0.05, 0.1) is 22.3 Å². The molecule has 5 rings (SSSR count). The van der Waals surface area contributed by atoms with Gasteiger partial charge in [0.15, 0.2) is 0 Å². The summed E-state index contributed by atoms with van der Waals surface area (Å²) in [6.07, 6.45) is 2.86. The summed E-state index contributed by atoms with van der Waals surface area (Å²) >= 11 is 0. The first-order chi connectivity index (χ1) is 20.3. The molecule has 0 atom stereocenters. The second-order valence-corrected chi connectivity index (χ2v) is 11.6. The van der Waals surface area contributed by atoms with Crippen LogP contribution in [0, 0.1) is 0 Å². The lowest BCUT2D eigenvalue weighted by Gasteiger charge is -2.29. The van der Waals surface area contributed by atoms with E-state index in [2.05, 4.69) is 10.0 Å². The number of hydrogen-bond acceptors (Lipinski definition) is 6. The number of aromatic carboxylic acids is 1. The number of sulfonamides is 1. The Bertz CT molecular complexity index is 1630. The number of carbonyl (C=O) groups is 2. The summed E-state index contributed by atoms with van der Waals surface area (Å²) in [6.45, 7) is 0. The largest absolute Gasteiger partial charge is 0.490 e. The minimum atomic E-state index is -3.54. The van der Waals surface area contributed by atoms with Gasteiger partial charge in [-0.15, -0.1) is 0 Å². The van der Waals surface area contributed by atoms with Crippen LogP contribution in [0.3, 0.4) is 0 Å². The van der Waals surface area contributed by atoms with Crippen molar-refractivity contribution in [3.05, 3.63) is 114 Å². The number of carboxylic acids is 1. The van der Waals surface area contributed by atoms with E-state index in [0.29, 0.717) is 35.7 Å². The molecule has 0 saturated heterocycles. The van der Waals surface area contributed by atoms with Crippen molar-refractivity contribution in [2.24, 2.45) is 0 Å². The number of anilines is 1. The smallest absolute Gasteiger partial charge is 0.337 e. The Morgan fingerprint density at radius 3 is 1.93 bits per heavy atom. The Morgan fingerprint density at radius 1 is 0.714 bits per heavy atom. The molecular formula is C32H30N2O7S. The van der Waals surface area contributed by atoms with Gasteiger partial charge < -0.3 is 19.9 Å². The second-order valence-electron chi connectivity index (χ2n) is 9.93. The van der Waals surface area contributed by atoms with Gasteiger partial charge in [0, 0.05) is 11.6 Å². The minimum Gasteiger partial charge on any atom is -0.490 e. The van der Waals surface area contributed by atoms with Crippen LogP contribution in [0.25, 0.3) is 0 Å². The molecule has 0 unspecified atom stereocenters. The van der Waals surface area contributed by atoms with Gasteiger partial charge in [0.25, 0.3) is 5.91 Å². The molecule has 1 aliphatic rings. The van der Waals surface area contributed by atoms with E-state index in [0.717, 1.165) is 12.8 Å². The highest BCUT2D eigenvalue weighted by Gasteiger charge is 2.26. The average Bonchev–Trinajstić information content (AvgIpc) is 3.00. The second kappa shape index (κ2) is 12.9. The van der Waals surface area contributed by atoms with E-state index in [-0.39, 0.29) is 28.3 Å². The van der Waals surface area contributed by atoms with Crippen molar-refractivity contribution in [2.75, 3.05) is 5.32 Å². The summed E-state index contributed by atoms with van der Waals surface area (Å²) in [5, 5.41) is 11.9. The first-order valence-electron chi connectivity index (χ1n) is 13.5. The maximum absolute atomic E-state index is 12.6. The third kappa shape index (κ3) is 7.34. The van der Waals surface area contributed by atoms with E-state index in [4.69, 9.17) is 9.47 Å². The van der Waals surface area contributed by atoms with E-state index in [1.165, 1.54) is 12.1 Å². The standard InChI is InChI=1S/C32H30N2O7S/c35-31(33-30-9-5-4-8-29(30)32(36)37)22-10-14-24(15-11-22)40-26-18-20-27(21-19-26)41-25-16-12-23(13-17-25)34-42(38,39)28-6-2-1-3-7-28/h1-11,14-15,18-21,23,25,34H,12-13,16-17H2,(H,33,35)(H,36,37). The Labute approximate surface area is 244 Å². The van der Waals surface area contributed by atoms with Crippen LogP contribution in [0.5, 0.6) is 17.2 Å². The van der Waals surface area contributed by atoms with E-state index < -0.39 is 21.9 Å². The quantitative estimate of drug-likeness (QED) is 0.205. The highest BCUT2D eigenvalue weighted by atomic mass is 32.2. The highest BCUT2D eigenvalue weighted by Crippen LogP contribution is 2.28. The average molecular weight is 587 g/mol. The van der Waals surface area contributed by atoms with Gasteiger partial charge in [-0.1, -0.05) is 30.3 Å². The molecule has 10 heteroatoms. The summed E-state index contributed by atoms with van der Waals surface area (Å²) in [7, 11) is -3.54. The van der Waals surface area contributed by atoms with Crippen LogP contribution in [0.4, 0.5) is 5.69 Å². The predicted molar refractivity (Wildman–Crippen MR) is 158 cm³/mol. The number of benzene rings is 4. The zero-order chi connectivity index (χ0) is 29.5. The fraction of sp³-hybridized carbons (Fsp3) is 0.188. The molecule has 9 nitrogen and oxygen atoms in total. The molecule has 1 fully saturated rings. The van der Waals surface area contributed by atoms with Crippen molar-refractivity contribution in [1.29, 1.82) is 0 Å². The maximum Gasteiger partial charge on any atom is 0.337 e. The monoisotopic (exact) mass is 586 g/mol. The number of rotatable bonds is 10. The van der Waals surface area contributed by atoms with E-state index in [1.54, 1.807) is 78.9 Å². The molecule has 0 radical (unpaired) electrons. The molecule has 4 aromatic rings. The summed E-state index contributed by atoms with van der Waals surface area (Å²) in [6, 6.07) is 28.2. The van der Waals surface area contributed by atoms with Crippen LogP contribution < -0.4 is 19.5 Å². The van der Waals surface area contributed by atoms with E-state index in [9.17, 15) is 23.1 Å². The molecule has 1 amide bonds. The van der Waals surface area contributed by atoms with Gasteiger partial charge in [0.2, 0.25) is 10.0 Å². The Hall–Kier alpha value is -4.67. The van der Waals surface area contributed by atoms with Crippen molar-refractivity contribution in [1.82, 2.24) is 4.72 Å². The van der Waals surface area contributed by atoms with Gasteiger partial charge in [-0.3, -0.25) is 4.79 Å². The Morgan fingerprint density at radius 2 is 1.29 bits per heavy atom. The molecule has 0 bridgehead atoms. The molecule has 1 aliphatic carbocycles. The number of amides is 1. The van der Waals surface area contributed by atoms with Gasteiger partial charge in [-0.2, -0.15) is 0 Å². The number of para-hydroxylation sites is 1. The van der Waals surface area contributed by atoms with Crippen molar-refractivity contribution in [3.8, 4) is 17.2 Å². The van der Waals surface area contributed by atoms with Crippen molar-refractivity contribution in [2.45, 2.75) is 42.7 Å². The molecule has 0 aliphatic heterocycles. The lowest BCUT2D eigenvalue weighted by molar-refractivity contribution is 0.0698. The maximum atomic E-state index is 12.6. The van der Waals surface area contributed by atoms with E-state index in [1.807, 2.05) is 12.1 Å². The molecule has 1 saturated carbocycles. The highest BCUT2D eigenvalue weighted by molar-refractivity contribution is 7.89. The van der Waals surface area contributed by atoms with Crippen LogP contribution in [-0.2, 0) is 10.0 Å². The molecule has 216 valence electrons. The number of ether oxygens (including phenoxy) is 2. The zero-order valence-electron chi connectivity index (χ0n) is 22.6. The molecule has 0 spiro atoms. The Kier molecular flexibility index (Phi) is 8.85. The van der Waals surface area contributed by atoms with Crippen molar-refractivity contribution >= 4 is 27.6 Å². The number of hydrogen-bond donors (Lipinski definition) is 3. The summed E-state index contributed by atoms with van der Waals surface area (Å²) in [4.78, 5) is 24.3. The lowest BCUT2D eigenvalue weighted by Crippen LogP contribution is -2.39. The van der Waals surface area contributed by atoms with Gasteiger partial charge in [-0.05, 0) is 98.5 Å². The third-order valence-corrected chi connectivity index (χ3v) is 8.47. The number of carboxylic acid groups (broad SMARTS) is 1. The number of nitrogens with one attached hydrogen (secondary N) is 2. The van der Waals surface area contributed by atoms with Crippen LogP contribution in [-0.4, -0.2) is 37.5 Å². The van der Waals surface area contributed by atoms with Gasteiger partial charge in [-0.25, -0.2) is 17.9 Å². The van der Waals surface area contributed by atoms with Crippen LogP contribution in [0.1, 0.15) is 46.4 Å². The van der Waals surface area contributed by atoms with Crippen LogP contribution >= 0.6 is 0 Å². The Balaban J connectivity index is 1.10. The number of carbonyl (C=O) groups excluding carboxylic acids is 1. The van der Waals surface area contributed by atoms with Crippen molar-refractivity contribution < 1.29 is 32.6 Å². The molecule has 4 aromatic carbocycles. The van der Waals surface area contributed by atoms with Gasteiger partial charge in [0.1, 0.15) is 17.2 Å². The molecule has 0 heterocycles. The first-order valence-corrected chi connectivity index (χ1v) is 15.0. The SMILES string of the molecule is O=C(Nc1ccccc1C(=O)O)c1ccc(Oc2ccc(OC3CCC(NS(=O)(=O)c4ccccc4)CC3)cc2)cc1. The fourth-order valence-electron chi connectivity index (χ4n) is 4.75. The summed E-state index contributed by atoms with van der Waals surface area (Å²) in [5.41, 5.74) is 0.587. The molecule has 0 aromatic heterocycles. The molecule has 3 N–H and O–H groups in total. The third-order valence-electron chi connectivity index (χ3n) is 6.93. The normalized spacial score (nSPS) is 16.8. The summed E-state index contributed by atoms with van der Waals surface area (Å²) < 4.78 is 40.0. The summed E-state index contributed by atoms with van der Waals surface area (Å²) in [5.74, 6) is 0.267. The molecule has 42 heavy (non-hydrogen) atoms. The first kappa shape index (κ1) is 28.8. The lowest BCUT2D eigenvalue weighted by atomic mass is 9.94. The minimum absolute atomic E-state index is 0.00426. The zero-order valence-corrected chi connectivity index (χ0v) is 23.4. The predicted octanol–water partition coefficient (Wildman–Crippen LogP) is 6.10. The van der Waals surface area contributed by atoms with Crippen molar-refractivity contribution in [3.63, 3.8) is 0 Å². The fourth-order valence-corrected chi connectivity index (χ4v) is 6.07. The van der Waals surface area contributed by atoms with Crippen LogP contribution in [0.2, 0.25) is 0 Å². The molecular weight excluding hydrogens is 556 g/mol. The van der Waals surface area contributed by atoms with E-state index >= 15 is 0 Å². The topological polar surface area (TPSA) is 131 Å². The van der Waals surface area contributed by atoms with Crippen LogP contribution in [0.15, 0.2) is 108 Å².